The highest BCUT2D eigenvalue weighted by molar-refractivity contribution is 5.90. The minimum absolute atomic E-state index is 0.0827. The van der Waals surface area contributed by atoms with Gasteiger partial charge in [0.05, 0.1) is 7.11 Å². The minimum Gasteiger partial charge on any atom is -0.479 e. The number of aliphatic hydroxyl groups excluding tert-OH is 1. The summed E-state index contributed by atoms with van der Waals surface area (Å²) < 4.78 is 0. The molecule has 0 aliphatic carbocycles. The van der Waals surface area contributed by atoms with Crippen molar-refractivity contribution in [1.82, 2.24) is 0 Å². The normalized spacial score (nSPS) is 11.1. The third kappa shape index (κ3) is 9.49. The molecule has 0 aromatic heterocycles. The van der Waals surface area contributed by atoms with Gasteiger partial charge in [0.2, 0.25) is 0 Å². The number of carboxylic acids is 2. The molecule has 0 saturated carbocycles. The van der Waals surface area contributed by atoms with Crippen molar-refractivity contribution >= 4 is 11.9 Å². The molecule has 1 aromatic carbocycles. The summed E-state index contributed by atoms with van der Waals surface area (Å²) in [5.74, 6) is -1.95. The third-order valence-corrected chi connectivity index (χ3v) is 2.91. The Kier molecular flexibility index (Phi) is 11.3. The molecule has 0 saturated heterocycles. The van der Waals surface area contributed by atoms with E-state index in [-0.39, 0.29) is 11.3 Å². The lowest BCUT2D eigenvalue weighted by Crippen LogP contribution is -2.18. The number of para-hydroxylation sites is 1. The average molecular weight is 328 g/mol. The maximum absolute atomic E-state index is 10.6. The van der Waals surface area contributed by atoms with E-state index >= 15 is 0 Å². The van der Waals surface area contributed by atoms with Crippen molar-refractivity contribution in [3.05, 3.63) is 29.8 Å². The smallest absolute Gasteiger partial charge is 0.339 e. The molecule has 0 aliphatic rings. The largest absolute Gasteiger partial charge is 0.479 e. The number of rotatable bonds is 9. The number of hydrogen-bond donors (Lipinski definition) is 3. The maximum atomic E-state index is 10.6. The lowest BCUT2D eigenvalue weighted by atomic mass is 10.1. The van der Waals surface area contributed by atoms with Crippen molar-refractivity contribution in [2.75, 3.05) is 7.11 Å². The highest BCUT2D eigenvalue weighted by atomic mass is 17.2. The van der Waals surface area contributed by atoms with Gasteiger partial charge in [-0.3, -0.25) is 0 Å². The van der Waals surface area contributed by atoms with Crippen LogP contribution in [0.3, 0.4) is 0 Å². The zero-order chi connectivity index (χ0) is 17.7. The summed E-state index contributed by atoms with van der Waals surface area (Å²) in [6, 6.07) is 6.25. The standard InChI is InChI=1S/C8H8O4.C8H16O3/c1-11-12-7-5-3-2-4-6(7)8(9)10;1-2-3-4-5-6-7(9)8(10)11/h2-5H,1H3,(H,9,10);7,9H,2-6H2,1H3,(H,10,11). The molecule has 23 heavy (non-hydrogen) atoms. The molecule has 7 heteroatoms. The predicted octanol–water partition coefficient (Wildman–Crippen LogP) is 2.73. The van der Waals surface area contributed by atoms with Gasteiger partial charge in [0.1, 0.15) is 5.56 Å². The van der Waals surface area contributed by atoms with Crippen LogP contribution in [0.25, 0.3) is 0 Å². The van der Waals surface area contributed by atoms with Gasteiger partial charge in [-0.1, -0.05) is 44.7 Å². The van der Waals surface area contributed by atoms with Gasteiger partial charge in [0.25, 0.3) is 0 Å². The van der Waals surface area contributed by atoms with Gasteiger partial charge in [0, 0.05) is 0 Å². The van der Waals surface area contributed by atoms with Crippen molar-refractivity contribution in [1.29, 1.82) is 0 Å². The minimum atomic E-state index is -1.16. The van der Waals surface area contributed by atoms with Gasteiger partial charge < -0.3 is 20.2 Å². The fourth-order valence-electron chi connectivity index (χ4n) is 1.69. The van der Waals surface area contributed by atoms with E-state index in [0.29, 0.717) is 6.42 Å². The molecule has 7 nitrogen and oxygen atoms in total. The number of aliphatic hydroxyl groups is 1. The molecule has 130 valence electrons. The van der Waals surface area contributed by atoms with Gasteiger partial charge in [-0.15, -0.1) is 0 Å². The van der Waals surface area contributed by atoms with Crippen molar-refractivity contribution in [3.63, 3.8) is 0 Å². The summed E-state index contributed by atoms with van der Waals surface area (Å²) in [6.45, 7) is 2.09. The number of aliphatic carboxylic acids is 1. The zero-order valence-corrected chi connectivity index (χ0v) is 13.4. The summed E-state index contributed by atoms with van der Waals surface area (Å²) >= 11 is 0. The van der Waals surface area contributed by atoms with Crippen molar-refractivity contribution in [2.45, 2.75) is 45.1 Å². The van der Waals surface area contributed by atoms with E-state index in [9.17, 15) is 9.59 Å². The molecular weight excluding hydrogens is 304 g/mol. The first-order valence-corrected chi connectivity index (χ1v) is 7.37. The lowest BCUT2D eigenvalue weighted by molar-refractivity contribution is -0.178. The quantitative estimate of drug-likeness (QED) is 0.363. The molecule has 0 heterocycles. The second-order valence-corrected chi connectivity index (χ2v) is 4.75. The molecular formula is C16H24O7. The van der Waals surface area contributed by atoms with Gasteiger partial charge in [-0.05, 0) is 18.6 Å². The number of unbranched alkanes of at least 4 members (excludes halogenated alkanes) is 3. The number of benzene rings is 1. The van der Waals surface area contributed by atoms with E-state index in [1.807, 2.05) is 0 Å². The number of aromatic carboxylic acids is 1. The Labute approximate surface area is 135 Å². The van der Waals surface area contributed by atoms with Crippen LogP contribution in [-0.2, 0) is 9.68 Å². The monoisotopic (exact) mass is 328 g/mol. The van der Waals surface area contributed by atoms with Crippen molar-refractivity contribution in [2.24, 2.45) is 0 Å². The summed E-state index contributed by atoms with van der Waals surface area (Å²) in [5, 5.41) is 25.8. The maximum Gasteiger partial charge on any atom is 0.339 e. The Morgan fingerprint density at radius 3 is 2.30 bits per heavy atom. The molecule has 0 aliphatic heterocycles. The van der Waals surface area contributed by atoms with E-state index in [1.54, 1.807) is 12.1 Å². The van der Waals surface area contributed by atoms with Crippen LogP contribution in [-0.4, -0.2) is 40.5 Å². The molecule has 3 N–H and O–H groups in total. The second-order valence-electron chi connectivity index (χ2n) is 4.75. The van der Waals surface area contributed by atoms with Crippen LogP contribution in [0.15, 0.2) is 24.3 Å². The topological polar surface area (TPSA) is 113 Å². The highest BCUT2D eigenvalue weighted by Crippen LogP contribution is 2.17. The Morgan fingerprint density at radius 1 is 1.13 bits per heavy atom. The first kappa shape index (κ1) is 20.9. The van der Waals surface area contributed by atoms with Crippen LogP contribution in [0.5, 0.6) is 5.75 Å². The van der Waals surface area contributed by atoms with Crippen molar-refractivity contribution < 1.29 is 34.7 Å². The Hall–Kier alpha value is -2.12. The third-order valence-electron chi connectivity index (χ3n) is 2.91. The van der Waals surface area contributed by atoms with Crippen LogP contribution in [0.2, 0.25) is 0 Å². The van der Waals surface area contributed by atoms with E-state index in [0.717, 1.165) is 25.7 Å². The molecule has 1 rings (SSSR count). The van der Waals surface area contributed by atoms with Crippen molar-refractivity contribution in [3.8, 4) is 5.75 Å². The summed E-state index contributed by atoms with van der Waals surface area (Å²) in [4.78, 5) is 29.6. The Morgan fingerprint density at radius 2 is 1.78 bits per heavy atom. The van der Waals surface area contributed by atoms with E-state index in [4.69, 9.17) is 15.3 Å². The van der Waals surface area contributed by atoms with Crippen LogP contribution in [0.1, 0.15) is 49.4 Å². The number of carboxylic acid groups (broad SMARTS) is 2. The Bertz CT molecular complexity index is 473. The van der Waals surface area contributed by atoms with E-state index in [2.05, 4.69) is 16.7 Å². The van der Waals surface area contributed by atoms with E-state index < -0.39 is 18.0 Å². The molecule has 1 unspecified atom stereocenters. The molecule has 1 aromatic rings. The zero-order valence-electron chi connectivity index (χ0n) is 13.4. The molecule has 0 bridgehead atoms. The second kappa shape index (κ2) is 12.4. The molecule has 1 atom stereocenters. The number of hydrogen-bond acceptors (Lipinski definition) is 5. The van der Waals surface area contributed by atoms with Gasteiger partial charge in [-0.2, -0.15) is 4.89 Å². The molecule has 0 fully saturated rings. The summed E-state index contributed by atoms with van der Waals surface area (Å²) in [7, 11) is 1.32. The van der Waals surface area contributed by atoms with Crippen LogP contribution in [0, 0.1) is 0 Å². The Balaban J connectivity index is 0.000000423. The van der Waals surface area contributed by atoms with E-state index in [1.165, 1.54) is 19.2 Å². The summed E-state index contributed by atoms with van der Waals surface area (Å²) in [5.41, 5.74) is 0.0827. The molecule has 0 radical (unpaired) electrons. The molecule has 0 spiro atoms. The fourth-order valence-corrected chi connectivity index (χ4v) is 1.69. The predicted molar refractivity (Wildman–Crippen MR) is 83.4 cm³/mol. The number of carbonyl (C=O) groups is 2. The van der Waals surface area contributed by atoms with Crippen LogP contribution < -0.4 is 4.89 Å². The van der Waals surface area contributed by atoms with Gasteiger partial charge >= 0.3 is 11.9 Å². The van der Waals surface area contributed by atoms with Crippen LogP contribution >= 0.6 is 0 Å². The lowest BCUT2D eigenvalue weighted by Gasteiger charge is -2.03. The molecule has 0 amide bonds. The highest BCUT2D eigenvalue weighted by Gasteiger charge is 2.11. The first-order valence-electron chi connectivity index (χ1n) is 7.37. The van der Waals surface area contributed by atoms with Gasteiger partial charge in [0.15, 0.2) is 11.9 Å². The summed E-state index contributed by atoms with van der Waals surface area (Å²) in [6.07, 6.45) is 3.29. The SMILES string of the molecule is CCCCCCC(O)C(=O)O.COOc1ccccc1C(=O)O. The van der Waals surface area contributed by atoms with Crippen LogP contribution in [0.4, 0.5) is 0 Å². The van der Waals surface area contributed by atoms with Gasteiger partial charge in [-0.25, -0.2) is 9.59 Å². The fraction of sp³-hybridized carbons (Fsp3) is 0.500. The first-order chi connectivity index (χ1) is 10.9. The average Bonchev–Trinajstić information content (AvgIpc) is 2.52.